The summed E-state index contributed by atoms with van der Waals surface area (Å²) in [6, 6.07) is 15.0. The molecular weight excluding hydrogens is 485 g/mol. The zero-order valence-electron chi connectivity index (χ0n) is 20.1. The number of benzene rings is 3. The van der Waals surface area contributed by atoms with E-state index in [-0.39, 0.29) is 24.2 Å². The van der Waals surface area contributed by atoms with Gasteiger partial charge >= 0.3 is 6.61 Å². The molecule has 0 aliphatic heterocycles. The van der Waals surface area contributed by atoms with Crippen molar-refractivity contribution in [2.45, 2.75) is 45.1 Å². The third kappa shape index (κ3) is 6.73. The molecule has 0 amide bonds. The smallest absolute Gasteiger partial charge is 0.387 e. The van der Waals surface area contributed by atoms with Gasteiger partial charge in [-0.2, -0.15) is 8.78 Å². The lowest BCUT2D eigenvalue weighted by Crippen LogP contribution is -2.06. The van der Waals surface area contributed by atoms with E-state index >= 15 is 4.39 Å². The second-order valence-corrected chi connectivity index (χ2v) is 8.85. The summed E-state index contributed by atoms with van der Waals surface area (Å²) in [6.45, 7) is 0.398. The van der Waals surface area contributed by atoms with Gasteiger partial charge in [-0.15, -0.1) is 6.58 Å². The van der Waals surface area contributed by atoms with Gasteiger partial charge in [-0.1, -0.05) is 42.5 Å². The van der Waals surface area contributed by atoms with Crippen LogP contribution in [0.25, 0.3) is 10.8 Å². The minimum absolute atomic E-state index is 0.128. The SMILES string of the molecule is C=CCCc1ccc(CCc2ccc3c(F)c(CCc4cc(F)c(OC(F)F)c(F)c4)ccc3c2)nc1. The molecule has 7 heteroatoms. The van der Waals surface area contributed by atoms with Gasteiger partial charge in [0.2, 0.25) is 0 Å². The normalized spacial score (nSPS) is 11.3. The van der Waals surface area contributed by atoms with E-state index in [1.165, 1.54) is 5.56 Å². The molecule has 0 saturated carbocycles. The third-order valence-electron chi connectivity index (χ3n) is 6.24. The first-order valence-corrected chi connectivity index (χ1v) is 12.0. The summed E-state index contributed by atoms with van der Waals surface area (Å²) in [5.74, 6) is -3.96. The highest BCUT2D eigenvalue weighted by molar-refractivity contribution is 5.84. The summed E-state index contributed by atoms with van der Waals surface area (Å²) in [6.07, 6.45) is 7.46. The lowest BCUT2D eigenvalue weighted by Gasteiger charge is -2.11. The van der Waals surface area contributed by atoms with Crippen molar-refractivity contribution >= 4 is 10.8 Å². The maximum atomic E-state index is 15.2. The lowest BCUT2D eigenvalue weighted by atomic mass is 9.97. The summed E-state index contributed by atoms with van der Waals surface area (Å²) in [4.78, 5) is 4.53. The number of hydrogen-bond acceptors (Lipinski definition) is 2. The molecule has 0 aliphatic carbocycles. The fourth-order valence-corrected chi connectivity index (χ4v) is 4.26. The Bertz CT molecular complexity index is 1360. The summed E-state index contributed by atoms with van der Waals surface area (Å²) >= 11 is 0. The lowest BCUT2D eigenvalue weighted by molar-refractivity contribution is -0.0546. The van der Waals surface area contributed by atoms with Gasteiger partial charge in [0, 0.05) is 17.3 Å². The largest absolute Gasteiger partial charge is 0.429 e. The molecule has 3 aromatic carbocycles. The minimum atomic E-state index is -3.34. The Morgan fingerprint density at radius 2 is 1.51 bits per heavy atom. The van der Waals surface area contributed by atoms with Crippen LogP contribution in [0.5, 0.6) is 5.75 Å². The van der Waals surface area contributed by atoms with E-state index < -0.39 is 24.0 Å². The van der Waals surface area contributed by atoms with Crippen molar-refractivity contribution in [2.75, 3.05) is 0 Å². The molecule has 2 nitrogen and oxygen atoms in total. The zero-order chi connectivity index (χ0) is 26.4. The van der Waals surface area contributed by atoms with Crippen LogP contribution in [0.4, 0.5) is 22.0 Å². The van der Waals surface area contributed by atoms with E-state index in [4.69, 9.17) is 0 Å². The second kappa shape index (κ2) is 12.0. The molecule has 37 heavy (non-hydrogen) atoms. The number of hydrogen-bond donors (Lipinski definition) is 0. The Kier molecular flexibility index (Phi) is 8.54. The Balaban J connectivity index is 1.41. The van der Waals surface area contributed by atoms with Gasteiger partial charge in [0.05, 0.1) is 0 Å². The average Bonchev–Trinajstić information content (AvgIpc) is 2.88. The summed E-state index contributed by atoms with van der Waals surface area (Å²) in [5, 5.41) is 1.22. The van der Waals surface area contributed by atoms with Crippen LogP contribution in [0, 0.1) is 17.5 Å². The maximum absolute atomic E-state index is 15.2. The van der Waals surface area contributed by atoms with Crippen LogP contribution in [-0.2, 0) is 32.1 Å². The second-order valence-electron chi connectivity index (χ2n) is 8.85. The first-order chi connectivity index (χ1) is 17.8. The number of allylic oxidation sites excluding steroid dienone is 1. The van der Waals surface area contributed by atoms with Crippen LogP contribution in [0.2, 0.25) is 0 Å². The molecule has 1 aromatic heterocycles. The number of ether oxygens (including phenoxy) is 1. The summed E-state index contributed by atoms with van der Waals surface area (Å²) < 4.78 is 71.6. The van der Waals surface area contributed by atoms with Gasteiger partial charge in [0.25, 0.3) is 0 Å². The predicted molar refractivity (Wildman–Crippen MR) is 134 cm³/mol. The van der Waals surface area contributed by atoms with Crippen molar-refractivity contribution in [3.05, 3.63) is 119 Å². The number of rotatable bonds is 11. The first kappa shape index (κ1) is 26.3. The molecule has 0 aliphatic rings. The van der Waals surface area contributed by atoms with Gasteiger partial charge in [0.1, 0.15) is 5.82 Å². The molecule has 0 saturated heterocycles. The molecule has 0 unspecified atom stereocenters. The molecule has 0 fully saturated rings. The molecule has 4 aromatic rings. The third-order valence-corrected chi connectivity index (χ3v) is 6.24. The fourth-order valence-electron chi connectivity index (χ4n) is 4.26. The monoisotopic (exact) mass is 511 g/mol. The van der Waals surface area contributed by atoms with Crippen LogP contribution in [0.3, 0.4) is 0 Å². The molecule has 0 atom stereocenters. The van der Waals surface area contributed by atoms with Gasteiger partial charge < -0.3 is 4.74 Å². The number of fused-ring (bicyclic) bond motifs is 1. The number of aryl methyl sites for hydroxylation is 5. The Morgan fingerprint density at radius 3 is 2.19 bits per heavy atom. The number of alkyl halides is 2. The fraction of sp³-hybridized carbons (Fsp3) is 0.233. The van der Waals surface area contributed by atoms with Gasteiger partial charge in [-0.25, -0.2) is 13.2 Å². The topological polar surface area (TPSA) is 22.1 Å². The molecule has 192 valence electrons. The number of aromatic nitrogens is 1. The van der Waals surface area contributed by atoms with E-state index in [0.717, 1.165) is 54.5 Å². The van der Waals surface area contributed by atoms with Crippen molar-refractivity contribution < 1.29 is 26.7 Å². The summed E-state index contributed by atoms with van der Waals surface area (Å²) in [5.41, 5.74) is 3.84. The molecule has 1 heterocycles. The van der Waals surface area contributed by atoms with Crippen LogP contribution in [-0.4, -0.2) is 11.6 Å². The highest BCUT2D eigenvalue weighted by Crippen LogP contribution is 2.27. The molecular formula is C30H26F5NO. The molecule has 4 rings (SSSR count). The molecule has 0 radical (unpaired) electrons. The number of nitrogens with zero attached hydrogens (tertiary/aromatic N) is 1. The van der Waals surface area contributed by atoms with Crippen molar-refractivity contribution in [1.82, 2.24) is 4.98 Å². The molecule has 0 bridgehead atoms. The van der Waals surface area contributed by atoms with E-state index in [1.54, 1.807) is 12.1 Å². The van der Waals surface area contributed by atoms with Crippen molar-refractivity contribution in [3.8, 4) is 5.75 Å². The van der Waals surface area contributed by atoms with Crippen molar-refractivity contribution in [3.63, 3.8) is 0 Å². The Morgan fingerprint density at radius 1 is 0.784 bits per heavy atom. The average molecular weight is 512 g/mol. The van der Waals surface area contributed by atoms with Gasteiger partial charge in [0.15, 0.2) is 17.4 Å². The minimum Gasteiger partial charge on any atom is -0.429 e. The highest BCUT2D eigenvalue weighted by atomic mass is 19.3. The van der Waals surface area contributed by atoms with E-state index in [2.05, 4.69) is 22.4 Å². The van der Waals surface area contributed by atoms with Gasteiger partial charge in [-0.3, -0.25) is 4.98 Å². The number of halogens is 5. The standard InChI is InChI=1S/C30H26F5NO/c1-2-3-4-20-7-13-24(36-18-20)12-6-19-8-14-25-23(15-19)11-10-22(28(25)33)9-5-21-16-26(31)29(27(32)17-21)37-30(34)35/h2,7-8,10-11,13-18,30H,1,3-6,9,12H2. The first-order valence-electron chi connectivity index (χ1n) is 12.0. The Hall–Kier alpha value is -3.74. The molecule has 0 spiro atoms. The predicted octanol–water partition coefficient (Wildman–Crippen LogP) is 7.94. The van der Waals surface area contributed by atoms with Crippen molar-refractivity contribution in [1.29, 1.82) is 0 Å². The maximum Gasteiger partial charge on any atom is 0.387 e. The van der Waals surface area contributed by atoms with E-state index in [9.17, 15) is 17.6 Å². The summed E-state index contributed by atoms with van der Waals surface area (Å²) in [7, 11) is 0. The van der Waals surface area contributed by atoms with Crippen molar-refractivity contribution in [2.24, 2.45) is 0 Å². The van der Waals surface area contributed by atoms with Gasteiger partial charge in [-0.05, 0) is 84.4 Å². The zero-order valence-corrected chi connectivity index (χ0v) is 20.1. The van der Waals surface area contributed by atoms with Crippen LogP contribution < -0.4 is 4.74 Å². The van der Waals surface area contributed by atoms with Crippen LogP contribution in [0.15, 0.2) is 73.4 Å². The number of pyridine rings is 1. The van der Waals surface area contributed by atoms with Crippen LogP contribution >= 0.6 is 0 Å². The van der Waals surface area contributed by atoms with E-state index in [1.807, 2.05) is 36.5 Å². The Labute approximate surface area is 212 Å². The van der Waals surface area contributed by atoms with E-state index in [0.29, 0.717) is 10.9 Å². The van der Waals surface area contributed by atoms with Crippen LogP contribution in [0.1, 0.15) is 34.4 Å². The quantitative estimate of drug-likeness (QED) is 0.151. The molecule has 0 N–H and O–H groups in total. The highest BCUT2D eigenvalue weighted by Gasteiger charge is 2.17.